The molecule has 106 valence electrons. The summed E-state index contributed by atoms with van der Waals surface area (Å²) < 4.78 is 0. The van der Waals surface area contributed by atoms with Crippen molar-refractivity contribution in [2.45, 2.75) is 38.5 Å². The lowest BCUT2D eigenvalue weighted by Crippen LogP contribution is -2.17. The monoisotopic (exact) mass is 289 g/mol. The molecule has 2 aromatic rings. The van der Waals surface area contributed by atoms with E-state index >= 15 is 0 Å². The number of hydrogen-bond acceptors (Lipinski definition) is 3. The molecule has 0 aliphatic heterocycles. The van der Waals surface area contributed by atoms with Gasteiger partial charge in [0.2, 0.25) is 0 Å². The number of aryl methyl sites for hydroxylation is 1. The Morgan fingerprint density at radius 2 is 2.00 bits per heavy atom. The molecule has 0 aliphatic carbocycles. The summed E-state index contributed by atoms with van der Waals surface area (Å²) in [5.41, 5.74) is 1.42. The summed E-state index contributed by atoms with van der Waals surface area (Å²) >= 11 is 1.44. The molecule has 1 aromatic heterocycles. The quantitative estimate of drug-likeness (QED) is 0.869. The van der Waals surface area contributed by atoms with Crippen LogP contribution in [0.25, 0.3) is 0 Å². The van der Waals surface area contributed by atoms with Gasteiger partial charge in [0.1, 0.15) is 0 Å². The van der Waals surface area contributed by atoms with Crippen molar-refractivity contribution in [1.82, 2.24) is 4.98 Å². The third-order valence-electron chi connectivity index (χ3n) is 3.41. The van der Waals surface area contributed by atoms with Crippen LogP contribution < -0.4 is 0 Å². The molecule has 0 aliphatic rings. The summed E-state index contributed by atoms with van der Waals surface area (Å²) in [7, 11) is 0. The largest absolute Gasteiger partial charge is 0.476 e. The maximum Gasteiger partial charge on any atom is 0.355 e. The highest BCUT2D eigenvalue weighted by atomic mass is 32.1. The van der Waals surface area contributed by atoms with Crippen LogP contribution in [-0.4, -0.2) is 16.1 Å². The highest BCUT2D eigenvalue weighted by molar-refractivity contribution is 7.10. The van der Waals surface area contributed by atoms with Gasteiger partial charge in [0.25, 0.3) is 0 Å². The fourth-order valence-electron chi connectivity index (χ4n) is 2.17. The Bertz CT molecular complexity index is 575. The van der Waals surface area contributed by atoms with Gasteiger partial charge in [-0.2, -0.15) is 0 Å². The summed E-state index contributed by atoms with van der Waals surface area (Å²) in [5.74, 6) is -0.951. The van der Waals surface area contributed by atoms with Crippen LogP contribution in [0.1, 0.15) is 47.7 Å². The molecule has 0 fully saturated rings. The number of aromatic carboxylic acids is 1. The molecule has 1 heterocycles. The summed E-state index contributed by atoms with van der Waals surface area (Å²) in [6.07, 6.45) is 3.11. The van der Waals surface area contributed by atoms with Gasteiger partial charge in [0.15, 0.2) is 5.69 Å². The number of aromatic nitrogens is 1. The summed E-state index contributed by atoms with van der Waals surface area (Å²) in [5, 5.41) is 11.5. The van der Waals surface area contributed by atoms with Gasteiger partial charge in [-0.3, -0.25) is 0 Å². The average molecular weight is 289 g/mol. The Hall–Kier alpha value is -1.68. The number of thiazole rings is 1. The molecule has 0 amide bonds. The first kappa shape index (κ1) is 14.7. The van der Waals surface area contributed by atoms with Crippen LogP contribution in [0.5, 0.6) is 0 Å². The van der Waals surface area contributed by atoms with Crippen molar-refractivity contribution in [2.24, 2.45) is 0 Å². The summed E-state index contributed by atoms with van der Waals surface area (Å²) in [6, 6.07) is 10.4. The fourth-order valence-corrected chi connectivity index (χ4v) is 3.12. The zero-order valence-electron chi connectivity index (χ0n) is 11.8. The van der Waals surface area contributed by atoms with Crippen LogP contribution in [0.2, 0.25) is 0 Å². The van der Waals surface area contributed by atoms with E-state index in [0.29, 0.717) is 0 Å². The molecule has 3 nitrogen and oxygen atoms in total. The lowest BCUT2D eigenvalue weighted by Gasteiger charge is -2.21. The SMILES string of the molecule is CC(C)(CCCc1ccccc1)c1nc(C(=O)O)cs1. The molecule has 0 unspecified atom stereocenters. The number of rotatable bonds is 6. The Morgan fingerprint density at radius 3 is 2.60 bits per heavy atom. The second-order valence-corrected chi connectivity index (χ2v) is 6.42. The summed E-state index contributed by atoms with van der Waals surface area (Å²) in [6.45, 7) is 4.25. The number of carboxylic acid groups (broad SMARTS) is 1. The van der Waals surface area contributed by atoms with Gasteiger partial charge in [0.05, 0.1) is 5.01 Å². The minimum atomic E-state index is -0.951. The molecule has 0 atom stereocenters. The number of benzene rings is 1. The van der Waals surface area contributed by atoms with Crippen molar-refractivity contribution in [3.63, 3.8) is 0 Å². The molecular formula is C16H19NO2S. The number of hydrogen-bond donors (Lipinski definition) is 1. The normalized spacial score (nSPS) is 11.5. The molecule has 0 saturated carbocycles. The van der Waals surface area contributed by atoms with Crippen LogP contribution in [0.3, 0.4) is 0 Å². The van der Waals surface area contributed by atoms with Gasteiger partial charge >= 0.3 is 5.97 Å². The molecule has 20 heavy (non-hydrogen) atoms. The predicted molar refractivity (Wildman–Crippen MR) is 81.5 cm³/mol. The van der Waals surface area contributed by atoms with E-state index in [1.807, 2.05) is 6.07 Å². The maximum atomic E-state index is 10.9. The molecule has 0 radical (unpaired) electrons. The van der Waals surface area contributed by atoms with Crippen molar-refractivity contribution in [3.05, 3.63) is 52.0 Å². The highest BCUT2D eigenvalue weighted by Gasteiger charge is 2.25. The van der Waals surface area contributed by atoms with Crippen LogP contribution in [0, 0.1) is 0 Å². The number of nitrogens with zero attached hydrogens (tertiary/aromatic N) is 1. The van der Waals surface area contributed by atoms with Gasteiger partial charge in [-0.1, -0.05) is 44.2 Å². The lowest BCUT2D eigenvalue weighted by molar-refractivity contribution is 0.0691. The second kappa shape index (κ2) is 6.18. The highest BCUT2D eigenvalue weighted by Crippen LogP contribution is 2.31. The predicted octanol–water partition coefficient (Wildman–Crippen LogP) is 4.14. The first-order valence-electron chi connectivity index (χ1n) is 6.72. The molecule has 4 heteroatoms. The topological polar surface area (TPSA) is 50.2 Å². The molecule has 1 N–H and O–H groups in total. The first-order chi connectivity index (χ1) is 9.49. The molecule has 1 aromatic carbocycles. The lowest BCUT2D eigenvalue weighted by atomic mass is 9.87. The van der Waals surface area contributed by atoms with Crippen LogP contribution >= 0.6 is 11.3 Å². The van der Waals surface area contributed by atoms with Crippen molar-refractivity contribution in [1.29, 1.82) is 0 Å². The Labute approximate surface area is 123 Å². The Morgan fingerprint density at radius 1 is 1.30 bits per heavy atom. The van der Waals surface area contributed by atoms with Crippen molar-refractivity contribution in [3.8, 4) is 0 Å². The van der Waals surface area contributed by atoms with Crippen LogP contribution in [0.4, 0.5) is 0 Å². The van der Waals surface area contributed by atoms with Gasteiger partial charge in [-0.25, -0.2) is 9.78 Å². The summed E-state index contributed by atoms with van der Waals surface area (Å²) in [4.78, 5) is 15.1. The van der Waals surface area contributed by atoms with E-state index in [4.69, 9.17) is 5.11 Å². The van der Waals surface area contributed by atoms with E-state index in [1.54, 1.807) is 5.38 Å². The Kier molecular flexibility index (Phi) is 4.55. The van der Waals surface area contributed by atoms with Crippen LogP contribution in [-0.2, 0) is 11.8 Å². The maximum absolute atomic E-state index is 10.9. The molecule has 0 spiro atoms. The number of carboxylic acids is 1. The standard InChI is InChI=1S/C16H19NO2S/c1-16(2,15-17-13(11-20-15)14(18)19)10-6-9-12-7-4-3-5-8-12/h3-5,7-8,11H,6,9-10H2,1-2H3,(H,18,19). The molecule has 0 bridgehead atoms. The van der Waals surface area contributed by atoms with Crippen molar-refractivity contribution in [2.75, 3.05) is 0 Å². The van der Waals surface area contributed by atoms with E-state index in [2.05, 4.69) is 43.1 Å². The molecule has 2 rings (SSSR count). The molecular weight excluding hydrogens is 270 g/mol. The zero-order valence-corrected chi connectivity index (χ0v) is 12.6. The first-order valence-corrected chi connectivity index (χ1v) is 7.60. The van der Waals surface area contributed by atoms with Crippen molar-refractivity contribution >= 4 is 17.3 Å². The fraction of sp³-hybridized carbons (Fsp3) is 0.375. The van der Waals surface area contributed by atoms with Gasteiger partial charge in [0, 0.05) is 10.8 Å². The minimum absolute atomic E-state index is 0.0762. The van der Waals surface area contributed by atoms with Crippen LogP contribution in [0.15, 0.2) is 35.7 Å². The zero-order chi connectivity index (χ0) is 14.6. The number of carbonyl (C=O) groups is 1. The van der Waals surface area contributed by atoms with E-state index < -0.39 is 5.97 Å². The minimum Gasteiger partial charge on any atom is -0.476 e. The molecule has 0 saturated heterocycles. The van der Waals surface area contributed by atoms with E-state index in [-0.39, 0.29) is 11.1 Å². The van der Waals surface area contributed by atoms with E-state index in [0.717, 1.165) is 24.3 Å². The smallest absolute Gasteiger partial charge is 0.355 e. The second-order valence-electron chi connectivity index (χ2n) is 5.57. The van der Waals surface area contributed by atoms with Gasteiger partial charge in [-0.05, 0) is 24.8 Å². The van der Waals surface area contributed by atoms with Gasteiger partial charge in [-0.15, -0.1) is 11.3 Å². The van der Waals surface area contributed by atoms with Gasteiger partial charge < -0.3 is 5.11 Å². The van der Waals surface area contributed by atoms with E-state index in [1.165, 1.54) is 16.9 Å². The van der Waals surface area contributed by atoms with E-state index in [9.17, 15) is 4.79 Å². The third-order valence-corrected chi connectivity index (χ3v) is 4.62. The van der Waals surface area contributed by atoms with Crippen molar-refractivity contribution < 1.29 is 9.90 Å². The Balaban J connectivity index is 1.94. The third kappa shape index (κ3) is 3.67. The average Bonchev–Trinajstić information content (AvgIpc) is 2.90.